The molecule has 0 aromatic heterocycles. The summed E-state index contributed by atoms with van der Waals surface area (Å²) in [5.74, 6) is 0.0723. The minimum atomic E-state index is -0.0620. The van der Waals surface area contributed by atoms with E-state index in [0.29, 0.717) is 46.1 Å². The second-order valence-electron chi connectivity index (χ2n) is 7.50. The number of piperazine rings is 1. The SMILES string of the molecule is O=C(Cc1cccc(Cl)c1)N1CCN(c2ccc(Cl)cc2Cl)[C@H](c2ccc(Cl)cc2)C1. The topological polar surface area (TPSA) is 23.6 Å². The van der Waals surface area contributed by atoms with Crippen molar-refractivity contribution in [3.05, 3.63) is 97.9 Å². The smallest absolute Gasteiger partial charge is 0.227 e. The Kier molecular flexibility index (Phi) is 6.98. The second kappa shape index (κ2) is 9.70. The zero-order chi connectivity index (χ0) is 22.0. The number of carbonyl (C=O) groups is 1. The van der Waals surface area contributed by atoms with Crippen molar-refractivity contribution in [2.75, 3.05) is 24.5 Å². The number of nitrogens with zero attached hydrogens (tertiary/aromatic N) is 2. The summed E-state index contributed by atoms with van der Waals surface area (Å²) in [6, 6.07) is 20.6. The Balaban J connectivity index is 1.60. The highest BCUT2D eigenvalue weighted by atomic mass is 35.5. The molecule has 4 rings (SSSR count). The quantitative estimate of drug-likeness (QED) is 0.393. The third-order valence-corrected chi connectivity index (χ3v) is 6.48. The van der Waals surface area contributed by atoms with E-state index in [2.05, 4.69) is 4.90 Å². The number of anilines is 1. The molecule has 1 aliphatic heterocycles. The molecule has 7 heteroatoms. The molecule has 1 atom stereocenters. The standard InChI is InChI=1S/C24H20Cl4N2O/c25-18-6-4-17(5-7-18)23-15-29(24(31)13-16-2-1-3-19(26)12-16)10-11-30(23)22-9-8-20(27)14-21(22)28/h1-9,12,14,23H,10-11,13,15H2/t23-/m0/s1. The highest BCUT2D eigenvalue weighted by Crippen LogP contribution is 2.37. The van der Waals surface area contributed by atoms with Crippen molar-refractivity contribution in [3.63, 3.8) is 0 Å². The van der Waals surface area contributed by atoms with E-state index in [1.54, 1.807) is 12.1 Å². The van der Waals surface area contributed by atoms with Gasteiger partial charge in [0.1, 0.15) is 0 Å². The average molecular weight is 494 g/mol. The molecule has 0 aliphatic carbocycles. The van der Waals surface area contributed by atoms with Crippen LogP contribution in [0.3, 0.4) is 0 Å². The zero-order valence-corrected chi connectivity index (χ0v) is 19.6. The van der Waals surface area contributed by atoms with Gasteiger partial charge >= 0.3 is 0 Å². The minimum absolute atomic E-state index is 0.0620. The average Bonchev–Trinajstić information content (AvgIpc) is 2.74. The Bertz CT molecular complexity index is 1090. The summed E-state index contributed by atoms with van der Waals surface area (Å²) in [6.07, 6.45) is 0.315. The van der Waals surface area contributed by atoms with Gasteiger partial charge in [-0.05, 0) is 53.6 Å². The van der Waals surface area contributed by atoms with E-state index in [-0.39, 0.29) is 11.9 Å². The van der Waals surface area contributed by atoms with Crippen LogP contribution in [-0.2, 0) is 11.2 Å². The van der Waals surface area contributed by atoms with Crippen LogP contribution < -0.4 is 4.90 Å². The molecule has 160 valence electrons. The third-order valence-electron chi connectivity index (χ3n) is 5.45. The van der Waals surface area contributed by atoms with E-state index < -0.39 is 0 Å². The van der Waals surface area contributed by atoms with Crippen molar-refractivity contribution < 1.29 is 4.79 Å². The number of hydrogen-bond acceptors (Lipinski definition) is 2. The summed E-state index contributed by atoms with van der Waals surface area (Å²) in [6.45, 7) is 1.79. The molecule has 1 amide bonds. The van der Waals surface area contributed by atoms with Crippen LogP contribution in [0.5, 0.6) is 0 Å². The fraction of sp³-hybridized carbons (Fsp3) is 0.208. The fourth-order valence-corrected chi connectivity index (χ4v) is 4.77. The number of carbonyl (C=O) groups excluding carboxylic acids is 1. The molecule has 0 radical (unpaired) electrons. The highest BCUT2D eigenvalue weighted by Gasteiger charge is 2.31. The van der Waals surface area contributed by atoms with E-state index >= 15 is 0 Å². The molecule has 0 bridgehead atoms. The molecule has 3 aromatic carbocycles. The van der Waals surface area contributed by atoms with Gasteiger partial charge in [-0.3, -0.25) is 4.79 Å². The first-order valence-electron chi connectivity index (χ1n) is 9.90. The number of halogens is 4. The molecule has 0 N–H and O–H groups in total. The molecule has 0 saturated carbocycles. The van der Waals surface area contributed by atoms with Gasteiger partial charge in [-0.1, -0.05) is 70.7 Å². The first-order chi connectivity index (χ1) is 14.9. The molecule has 1 saturated heterocycles. The lowest BCUT2D eigenvalue weighted by Gasteiger charge is -2.43. The van der Waals surface area contributed by atoms with Gasteiger partial charge in [0.05, 0.1) is 23.2 Å². The summed E-state index contributed by atoms with van der Waals surface area (Å²) >= 11 is 24.8. The van der Waals surface area contributed by atoms with Crippen molar-refractivity contribution in [2.45, 2.75) is 12.5 Å². The molecule has 1 fully saturated rings. The van der Waals surface area contributed by atoms with Crippen molar-refractivity contribution in [1.82, 2.24) is 4.90 Å². The van der Waals surface area contributed by atoms with Crippen molar-refractivity contribution in [1.29, 1.82) is 0 Å². The fourth-order valence-electron chi connectivity index (χ4n) is 3.92. The predicted octanol–water partition coefficient (Wildman–Crippen LogP) is 6.93. The van der Waals surface area contributed by atoms with Crippen LogP contribution in [0.25, 0.3) is 0 Å². The normalized spacial score (nSPS) is 16.5. The van der Waals surface area contributed by atoms with Crippen molar-refractivity contribution in [3.8, 4) is 0 Å². The first kappa shape index (κ1) is 22.3. The molecule has 1 heterocycles. The van der Waals surface area contributed by atoms with Crippen LogP contribution in [-0.4, -0.2) is 30.4 Å². The summed E-state index contributed by atoms with van der Waals surface area (Å²) in [5.41, 5.74) is 2.87. The molecule has 3 nitrogen and oxygen atoms in total. The van der Waals surface area contributed by atoms with Crippen LogP contribution in [0.15, 0.2) is 66.7 Å². The van der Waals surface area contributed by atoms with E-state index in [1.165, 1.54) is 0 Å². The van der Waals surface area contributed by atoms with Crippen molar-refractivity contribution >= 4 is 58.0 Å². The summed E-state index contributed by atoms with van der Waals surface area (Å²) in [7, 11) is 0. The lowest BCUT2D eigenvalue weighted by atomic mass is 10.0. The summed E-state index contributed by atoms with van der Waals surface area (Å²) < 4.78 is 0. The maximum Gasteiger partial charge on any atom is 0.227 e. The highest BCUT2D eigenvalue weighted by molar-refractivity contribution is 6.36. The molecular weight excluding hydrogens is 474 g/mol. The van der Waals surface area contributed by atoms with Gasteiger partial charge in [-0.25, -0.2) is 0 Å². The zero-order valence-electron chi connectivity index (χ0n) is 16.6. The van der Waals surface area contributed by atoms with Gasteiger partial charge in [0.25, 0.3) is 0 Å². The lowest BCUT2D eigenvalue weighted by molar-refractivity contribution is -0.131. The number of amides is 1. The number of benzene rings is 3. The lowest BCUT2D eigenvalue weighted by Crippen LogP contribution is -2.51. The van der Waals surface area contributed by atoms with Crippen LogP contribution in [0.1, 0.15) is 17.2 Å². The third kappa shape index (κ3) is 5.30. The van der Waals surface area contributed by atoms with Gasteiger partial charge < -0.3 is 9.80 Å². The Morgan fingerprint density at radius 1 is 0.839 bits per heavy atom. The molecule has 3 aromatic rings. The van der Waals surface area contributed by atoms with Crippen LogP contribution >= 0.6 is 46.4 Å². The Morgan fingerprint density at radius 3 is 2.26 bits per heavy atom. The Labute approximate surface area is 202 Å². The molecular formula is C24H20Cl4N2O. The molecule has 1 aliphatic rings. The molecule has 31 heavy (non-hydrogen) atoms. The monoisotopic (exact) mass is 492 g/mol. The van der Waals surface area contributed by atoms with E-state index in [4.69, 9.17) is 46.4 Å². The van der Waals surface area contributed by atoms with Gasteiger partial charge in [0.2, 0.25) is 5.91 Å². The number of hydrogen-bond donors (Lipinski definition) is 0. The maximum atomic E-state index is 13.1. The largest absolute Gasteiger partial charge is 0.360 e. The Morgan fingerprint density at radius 2 is 1.55 bits per heavy atom. The second-order valence-corrected chi connectivity index (χ2v) is 9.22. The maximum absolute atomic E-state index is 13.1. The van der Waals surface area contributed by atoms with E-state index in [0.717, 1.165) is 16.8 Å². The van der Waals surface area contributed by atoms with Crippen LogP contribution in [0, 0.1) is 0 Å². The molecule has 0 unspecified atom stereocenters. The summed E-state index contributed by atoms with van der Waals surface area (Å²) in [4.78, 5) is 17.2. The summed E-state index contributed by atoms with van der Waals surface area (Å²) in [5, 5.41) is 2.48. The first-order valence-corrected chi connectivity index (χ1v) is 11.4. The van der Waals surface area contributed by atoms with Crippen molar-refractivity contribution in [2.24, 2.45) is 0 Å². The van der Waals surface area contributed by atoms with E-state index in [9.17, 15) is 4.79 Å². The van der Waals surface area contributed by atoms with Gasteiger partial charge in [0, 0.05) is 34.7 Å². The van der Waals surface area contributed by atoms with Crippen LogP contribution in [0.4, 0.5) is 5.69 Å². The minimum Gasteiger partial charge on any atom is -0.360 e. The Hall–Kier alpha value is -1.91. The predicted molar refractivity (Wildman–Crippen MR) is 130 cm³/mol. The van der Waals surface area contributed by atoms with Gasteiger partial charge in [-0.15, -0.1) is 0 Å². The van der Waals surface area contributed by atoms with Crippen LogP contribution in [0.2, 0.25) is 20.1 Å². The molecule has 0 spiro atoms. The van der Waals surface area contributed by atoms with Gasteiger partial charge in [-0.2, -0.15) is 0 Å². The number of rotatable bonds is 4. The van der Waals surface area contributed by atoms with E-state index in [1.807, 2.05) is 59.5 Å². The van der Waals surface area contributed by atoms with Gasteiger partial charge in [0.15, 0.2) is 0 Å².